The predicted molar refractivity (Wildman–Crippen MR) is 113 cm³/mol. The lowest BCUT2D eigenvalue weighted by atomic mass is 10.0. The molecule has 0 atom stereocenters. The van der Waals surface area contributed by atoms with E-state index in [-0.39, 0.29) is 17.4 Å². The fraction of sp³-hybridized carbons (Fsp3) is 0.571. The van der Waals surface area contributed by atoms with Gasteiger partial charge in [-0.3, -0.25) is 14.6 Å². The molecule has 2 saturated carbocycles. The van der Waals surface area contributed by atoms with E-state index < -0.39 is 0 Å². The number of hydrogen-bond donors (Lipinski definition) is 2. The number of aromatic amines is 1. The van der Waals surface area contributed by atoms with Crippen LogP contribution in [0.2, 0.25) is 0 Å². The molecular weight excluding hydrogens is 366 g/mol. The summed E-state index contributed by atoms with van der Waals surface area (Å²) in [4.78, 5) is 15.7. The summed E-state index contributed by atoms with van der Waals surface area (Å²) in [5.74, 6) is 2.63. The average molecular weight is 393 g/mol. The third-order valence-electron chi connectivity index (χ3n) is 6.87. The molecule has 0 bridgehead atoms. The third kappa shape index (κ3) is 2.68. The van der Waals surface area contributed by atoms with Crippen LogP contribution in [0.15, 0.2) is 17.1 Å². The van der Waals surface area contributed by atoms with Crippen molar-refractivity contribution in [1.82, 2.24) is 24.5 Å². The van der Waals surface area contributed by atoms with Gasteiger partial charge in [-0.1, -0.05) is 0 Å². The first kappa shape index (κ1) is 17.1. The number of pyridine rings is 1. The van der Waals surface area contributed by atoms with E-state index in [2.05, 4.69) is 21.2 Å². The van der Waals surface area contributed by atoms with Gasteiger partial charge in [0.1, 0.15) is 11.2 Å². The molecule has 4 heterocycles. The fourth-order valence-electron chi connectivity index (χ4n) is 5.12. The molecule has 3 aromatic rings. The molecule has 3 aromatic heterocycles. The lowest BCUT2D eigenvalue weighted by Crippen LogP contribution is -2.27. The SMILES string of the molecule is Cn1nc(-c2cn(C(C3CC3)C3CC3)c(=O)c3c(N)n[nH]c23)cc1N1CCCC1. The van der Waals surface area contributed by atoms with Crippen molar-refractivity contribution in [1.29, 1.82) is 0 Å². The minimum Gasteiger partial charge on any atom is -0.382 e. The van der Waals surface area contributed by atoms with Crippen LogP contribution in [0.3, 0.4) is 0 Å². The van der Waals surface area contributed by atoms with E-state index >= 15 is 0 Å². The number of nitrogens with one attached hydrogen (secondary N) is 1. The third-order valence-corrected chi connectivity index (χ3v) is 6.87. The van der Waals surface area contributed by atoms with Crippen molar-refractivity contribution in [2.45, 2.75) is 44.6 Å². The molecule has 0 aromatic carbocycles. The van der Waals surface area contributed by atoms with Crippen molar-refractivity contribution in [3.05, 3.63) is 22.6 Å². The summed E-state index contributed by atoms with van der Waals surface area (Å²) in [7, 11) is 1.99. The summed E-state index contributed by atoms with van der Waals surface area (Å²) in [6.07, 6.45) is 9.30. The average Bonchev–Trinajstić information content (AvgIpc) is 3.59. The Balaban J connectivity index is 1.54. The molecule has 8 heteroatoms. The number of anilines is 2. The summed E-state index contributed by atoms with van der Waals surface area (Å²) in [6.45, 7) is 2.13. The molecule has 0 unspecified atom stereocenters. The number of rotatable bonds is 5. The van der Waals surface area contributed by atoms with Crippen LogP contribution in [0.1, 0.15) is 44.6 Å². The van der Waals surface area contributed by atoms with Crippen molar-refractivity contribution in [2.75, 3.05) is 23.7 Å². The first-order valence-electron chi connectivity index (χ1n) is 10.8. The largest absolute Gasteiger partial charge is 0.382 e. The number of H-pyrrole nitrogens is 1. The van der Waals surface area contributed by atoms with E-state index in [0.29, 0.717) is 22.7 Å². The molecule has 1 aliphatic heterocycles. The van der Waals surface area contributed by atoms with Crippen LogP contribution >= 0.6 is 0 Å². The molecule has 3 N–H and O–H groups in total. The van der Waals surface area contributed by atoms with E-state index in [0.717, 1.165) is 30.2 Å². The van der Waals surface area contributed by atoms with Crippen molar-refractivity contribution in [3.63, 3.8) is 0 Å². The molecule has 0 amide bonds. The van der Waals surface area contributed by atoms with Gasteiger partial charge in [-0.25, -0.2) is 0 Å². The Labute approximate surface area is 168 Å². The molecule has 29 heavy (non-hydrogen) atoms. The van der Waals surface area contributed by atoms with Gasteiger partial charge >= 0.3 is 0 Å². The van der Waals surface area contributed by atoms with Crippen LogP contribution in [0.5, 0.6) is 0 Å². The van der Waals surface area contributed by atoms with Crippen LogP contribution < -0.4 is 16.2 Å². The van der Waals surface area contributed by atoms with Crippen LogP contribution in [0, 0.1) is 11.8 Å². The molecule has 0 spiro atoms. The normalized spacial score (nSPS) is 19.7. The monoisotopic (exact) mass is 393 g/mol. The maximum Gasteiger partial charge on any atom is 0.264 e. The molecule has 8 nitrogen and oxygen atoms in total. The van der Waals surface area contributed by atoms with Gasteiger partial charge in [-0.15, -0.1) is 0 Å². The quantitative estimate of drug-likeness (QED) is 0.694. The zero-order valence-electron chi connectivity index (χ0n) is 16.8. The lowest BCUT2D eigenvalue weighted by molar-refractivity contribution is 0.386. The highest BCUT2D eigenvalue weighted by Gasteiger charge is 2.43. The molecule has 3 aliphatic rings. The molecular formula is C21H27N7O. The van der Waals surface area contributed by atoms with Crippen LogP contribution in [-0.4, -0.2) is 37.6 Å². The molecule has 6 rings (SSSR count). The second-order valence-corrected chi connectivity index (χ2v) is 8.99. The number of hydrogen-bond acceptors (Lipinski definition) is 5. The zero-order valence-corrected chi connectivity index (χ0v) is 16.8. The topological polar surface area (TPSA) is 97.8 Å². The number of nitrogen functional groups attached to an aromatic ring is 1. The fourth-order valence-corrected chi connectivity index (χ4v) is 5.12. The number of nitrogens with zero attached hydrogens (tertiary/aromatic N) is 5. The van der Waals surface area contributed by atoms with Crippen molar-refractivity contribution in [2.24, 2.45) is 18.9 Å². The first-order chi connectivity index (χ1) is 14.1. The molecule has 2 aliphatic carbocycles. The summed E-state index contributed by atoms with van der Waals surface area (Å²) in [5, 5.41) is 12.5. The summed E-state index contributed by atoms with van der Waals surface area (Å²) < 4.78 is 3.91. The zero-order chi connectivity index (χ0) is 19.7. The van der Waals surface area contributed by atoms with Gasteiger partial charge in [0.15, 0.2) is 5.82 Å². The highest BCUT2D eigenvalue weighted by molar-refractivity contribution is 5.97. The van der Waals surface area contributed by atoms with Crippen LogP contribution in [0.4, 0.5) is 11.6 Å². The summed E-state index contributed by atoms with van der Waals surface area (Å²) in [6, 6.07) is 2.41. The predicted octanol–water partition coefficient (Wildman–Crippen LogP) is 2.67. The molecule has 0 radical (unpaired) electrons. The van der Waals surface area contributed by atoms with Gasteiger partial charge in [0.25, 0.3) is 5.56 Å². The van der Waals surface area contributed by atoms with E-state index in [1.165, 1.54) is 38.5 Å². The van der Waals surface area contributed by atoms with E-state index in [9.17, 15) is 4.79 Å². The second kappa shape index (κ2) is 6.11. The maximum absolute atomic E-state index is 13.4. The summed E-state index contributed by atoms with van der Waals surface area (Å²) in [5.41, 5.74) is 8.57. The van der Waals surface area contributed by atoms with Gasteiger partial charge in [-0.2, -0.15) is 10.2 Å². The Morgan fingerprint density at radius 3 is 2.52 bits per heavy atom. The Bertz CT molecular complexity index is 1130. The number of fused-ring (bicyclic) bond motifs is 1. The highest BCUT2D eigenvalue weighted by Crippen LogP contribution is 2.52. The van der Waals surface area contributed by atoms with E-state index in [4.69, 9.17) is 10.8 Å². The molecule has 152 valence electrons. The highest BCUT2D eigenvalue weighted by atomic mass is 16.1. The minimum atomic E-state index is -0.0190. The van der Waals surface area contributed by atoms with Crippen molar-refractivity contribution in [3.8, 4) is 11.3 Å². The lowest BCUT2D eigenvalue weighted by Gasteiger charge is -2.20. The van der Waals surface area contributed by atoms with E-state index in [1.54, 1.807) is 0 Å². The van der Waals surface area contributed by atoms with Gasteiger partial charge in [0.05, 0.1) is 11.2 Å². The van der Waals surface area contributed by atoms with Crippen LogP contribution in [0.25, 0.3) is 22.2 Å². The Morgan fingerprint density at radius 2 is 1.86 bits per heavy atom. The second-order valence-electron chi connectivity index (χ2n) is 8.99. The van der Waals surface area contributed by atoms with Gasteiger partial charge in [0.2, 0.25) is 0 Å². The minimum absolute atomic E-state index is 0.0190. The first-order valence-corrected chi connectivity index (χ1v) is 10.8. The van der Waals surface area contributed by atoms with E-state index in [1.807, 2.05) is 22.5 Å². The number of aromatic nitrogens is 5. The number of nitrogens with two attached hydrogens (primary N) is 1. The van der Waals surface area contributed by atoms with Gasteiger partial charge < -0.3 is 15.2 Å². The van der Waals surface area contributed by atoms with Crippen molar-refractivity contribution < 1.29 is 0 Å². The Morgan fingerprint density at radius 1 is 1.17 bits per heavy atom. The summed E-state index contributed by atoms with van der Waals surface area (Å²) >= 11 is 0. The standard InChI is InChI=1S/C21H27N7O/c1-26-16(27-8-2-3-9-27)10-15(25-26)14-11-28(19(12-4-5-12)13-6-7-13)21(29)17-18(14)23-24-20(17)22/h10-13,19H,2-9H2,1H3,(H3,22,23,24). The van der Waals surface area contributed by atoms with Crippen LogP contribution in [-0.2, 0) is 7.05 Å². The Hall–Kier alpha value is -2.77. The van der Waals surface area contributed by atoms with Gasteiger partial charge in [0, 0.05) is 44.0 Å². The Kier molecular flexibility index (Phi) is 3.61. The van der Waals surface area contributed by atoms with Gasteiger partial charge in [-0.05, 0) is 50.4 Å². The number of aryl methyl sites for hydroxylation is 1. The van der Waals surface area contributed by atoms with Crippen molar-refractivity contribution >= 4 is 22.5 Å². The molecule has 1 saturated heterocycles. The molecule has 3 fully saturated rings. The maximum atomic E-state index is 13.4. The smallest absolute Gasteiger partial charge is 0.264 e.